The Hall–Kier alpha value is -4.71. The zero-order valence-electron chi connectivity index (χ0n) is 21.1. The standard InChI is InChI=1S/C32H28N4O2/c1-22(23-12-4-2-5-13-23)36(29-20-21-35-30(29)33-28-19-11-9-17-26(28)31(35)37)32(38)34-27-18-10-8-16-25(27)24-14-6-3-7-15-24/h2-19,22,29H,20-21H2,1H3,(H,34,38). The highest BCUT2D eigenvalue weighted by Crippen LogP contribution is 2.37. The molecule has 0 fully saturated rings. The first-order valence-corrected chi connectivity index (χ1v) is 12.9. The molecule has 1 aliphatic rings. The normalized spacial score (nSPS) is 15.1. The predicted octanol–water partition coefficient (Wildman–Crippen LogP) is 6.80. The summed E-state index contributed by atoms with van der Waals surface area (Å²) in [5, 5.41) is 3.79. The number of amides is 2. The topological polar surface area (TPSA) is 67.2 Å². The molecular weight excluding hydrogens is 472 g/mol. The molecule has 1 N–H and O–H groups in total. The van der Waals surface area contributed by atoms with Gasteiger partial charge in [-0.2, -0.15) is 0 Å². The van der Waals surface area contributed by atoms with Gasteiger partial charge in [0, 0.05) is 12.1 Å². The molecule has 188 valence electrons. The van der Waals surface area contributed by atoms with Crippen LogP contribution in [0.1, 0.15) is 36.8 Å². The first-order valence-electron chi connectivity index (χ1n) is 12.9. The Bertz CT molecular complexity index is 1660. The first-order chi connectivity index (χ1) is 18.6. The number of para-hydroxylation sites is 2. The number of carbonyl (C=O) groups is 1. The van der Waals surface area contributed by atoms with Gasteiger partial charge in [0.15, 0.2) is 0 Å². The SMILES string of the molecule is CC(c1ccccc1)N(C(=O)Nc1ccccc1-c1ccccc1)C1CCn2c1nc1ccccc1c2=O. The minimum absolute atomic E-state index is 0.0600. The Kier molecular flexibility index (Phi) is 6.22. The molecular formula is C32H28N4O2. The van der Waals surface area contributed by atoms with Crippen LogP contribution in [0.3, 0.4) is 0 Å². The third-order valence-electron chi connectivity index (χ3n) is 7.34. The zero-order valence-corrected chi connectivity index (χ0v) is 21.1. The predicted molar refractivity (Wildman–Crippen MR) is 151 cm³/mol. The maximum atomic E-state index is 14.2. The summed E-state index contributed by atoms with van der Waals surface area (Å²) in [4.78, 5) is 34.2. The average molecular weight is 501 g/mol. The summed E-state index contributed by atoms with van der Waals surface area (Å²) < 4.78 is 1.73. The fourth-order valence-electron chi connectivity index (χ4n) is 5.42. The molecule has 0 bridgehead atoms. The van der Waals surface area contributed by atoms with Crippen molar-refractivity contribution in [2.75, 3.05) is 5.32 Å². The van der Waals surface area contributed by atoms with Crippen molar-refractivity contribution in [3.63, 3.8) is 0 Å². The summed E-state index contributed by atoms with van der Waals surface area (Å²) in [5.74, 6) is 0.628. The molecule has 0 saturated heterocycles. The number of carbonyl (C=O) groups excluding carboxylic acids is 1. The molecule has 38 heavy (non-hydrogen) atoms. The van der Waals surface area contributed by atoms with Gasteiger partial charge in [-0.15, -0.1) is 0 Å². The van der Waals surface area contributed by atoms with Gasteiger partial charge in [0.1, 0.15) is 5.82 Å². The lowest BCUT2D eigenvalue weighted by molar-refractivity contribution is 0.159. The number of hydrogen-bond acceptors (Lipinski definition) is 3. The maximum Gasteiger partial charge on any atom is 0.322 e. The third kappa shape index (κ3) is 4.24. The molecule has 6 heteroatoms. The number of anilines is 1. The van der Waals surface area contributed by atoms with Gasteiger partial charge in [-0.25, -0.2) is 9.78 Å². The second-order valence-electron chi connectivity index (χ2n) is 9.58. The molecule has 6 rings (SSSR count). The van der Waals surface area contributed by atoms with Crippen LogP contribution in [-0.4, -0.2) is 20.5 Å². The van der Waals surface area contributed by atoms with Crippen LogP contribution in [0.25, 0.3) is 22.0 Å². The van der Waals surface area contributed by atoms with Crippen LogP contribution in [-0.2, 0) is 6.54 Å². The molecule has 2 amide bonds. The number of nitrogens with one attached hydrogen (secondary N) is 1. The molecule has 5 aromatic rings. The number of urea groups is 1. The van der Waals surface area contributed by atoms with Gasteiger partial charge in [0.25, 0.3) is 5.56 Å². The highest BCUT2D eigenvalue weighted by molar-refractivity contribution is 5.95. The van der Waals surface area contributed by atoms with Crippen molar-refractivity contribution in [2.45, 2.75) is 32.0 Å². The Balaban J connectivity index is 1.43. The molecule has 4 aromatic carbocycles. The van der Waals surface area contributed by atoms with Crippen LogP contribution in [0.15, 0.2) is 114 Å². The van der Waals surface area contributed by atoms with E-state index in [1.807, 2.05) is 121 Å². The minimum Gasteiger partial charge on any atom is -0.308 e. The van der Waals surface area contributed by atoms with Crippen molar-refractivity contribution in [3.05, 3.63) is 131 Å². The molecule has 2 heterocycles. The largest absolute Gasteiger partial charge is 0.322 e. The van der Waals surface area contributed by atoms with Gasteiger partial charge in [0.05, 0.1) is 28.7 Å². The monoisotopic (exact) mass is 500 g/mol. The fourth-order valence-corrected chi connectivity index (χ4v) is 5.42. The van der Waals surface area contributed by atoms with Crippen molar-refractivity contribution in [1.29, 1.82) is 0 Å². The van der Waals surface area contributed by atoms with E-state index in [9.17, 15) is 9.59 Å². The molecule has 6 nitrogen and oxygen atoms in total. The highest BCUT2D eigenvalue weighted by atomic mass is 16.2. The summed E-state index contributed by atoms with van der Waals surface area (Å²) in [5.41, 5.74) is 4.31. The summed E-state index contributed by atoms with van der Waals surface area (Å²) in [6, 6.07) is 34.4. The quantitative estimate of drug-likeness (QED) is 0.288. The van der Waals surface area contributed by atoms with Crippen LogP contribution in [0.2, 0.25) is 0 Å². The molecule has 0 saturated carbocycles. The molecule has 2 unspecified atom stereocenters. The van der Waals surface area contributed by atoms with Crippen molar-refractivity contribution >= 4 is 22.6 Å². The van der Waals surface area contributed by atoms with E-state index in [1.54, 1.807) is 4.57 Å². The lowest BCUT2D eigenvalue weighted by Gasteiger charge is -2.34. The molecule has 1 aromatic heterocycles. The fraction of sp³-hybridized carbons (Fsp3) is 0.156. The molecule has 2 atom stereocenters. The molecule has 0 aliphatic carbocycles. The Morgan fingerprint density at radius 2 is 1.55 bits per heavy atom. The van der Waals surface area contributed by atoms with Crippen LogP contribution in [0.4, 0.5) is 10.5 Å². The van der Waals surface area contributed by atoms with Crippen LogP contribution in [0.5, 0.6) is 0 Å². The minimum atomic E-state index is -0.355. The van der Waals surface area contributed by atoms with E-state index >= 15 is 0 Å². The van der Waals surface area contributed by atoms with E-state index in [2.05, 4.69) is 5.32 Å². The van der Waals surface area contributed by atoms with Crippen LogP contribution < -0.4 is 10.9 Å². The van der Waals surface area contributed by atoms with Gasteiger partial charge >= 0.3 is 6.03 Å². The lowest BCUT2D eigenvalue weighted by atomic mass is 10.0. The molecule has 1 aliphatic heterocycles. The lowest BCUT2D eigenvalue weighted by Crippen LogP contribution is -2.40. The third-order valence-corrected chi connectivity index (χ3v) is 7.34. The summed E-state index contributed by atoms with van der Waals surface area (Å²) in [6.07, 6.45) is 0.615. The molecule has 0 spiro atoms. The number of hydrogen-bond donors (Lipinski definition) is 1. The van der Waals surface area contributed by atoms with Crippen molar-refractivity contribution in [1.82, 2.24) is 14.5 Å². The second kappa shape index (κ2) is 9.98. The number of rotatable bonds is 5. The molecule has 0 radical (unpaired) electrons. The van der Waals surface area contributed by atoms with E-state index in [4.69, 9.17) is 4.98 Å². The Morgan fingerprint density at radius 3 is 2.34 bits per heavy atom. The van der Waals surface area contributed by atoms with Gasteiger partial charge in [-0.3, -0.25) is 9.36 Å². The summed E-state index contributed by atoms with van der Waals surface area (Å²) in [7, 11) is 0. The maximum absolute atomic E-state index is 14.2. The Morgan fingerprint density at radius 1 is 0.895 bits per heavy atom. The highest BCUT2D eigenvalue weighted by Gasteiger charge is 2.37. The van der Waals surface area contributed by atoms with Crippen LogP contribution in [0, 0.1) is 0 Å². The number of benzene rings is 4. The second-order valence-corrected chi connectivity index (χ2v) is 9.58. The smallest absolute Gasteiger partial charge is 0.308 e. The number of aromatic nitrogens is 2. The van der Waals surface area contributed by atoms with Gasteiger partial charge in [0.2, 0.25) is 0 Å². The van der Waals surface area contributed by atoms with E-state index in [0.717, 1.165) is 22.4 Å². The number of nitrogens with zero attached hydrogens (tertiary/aromatic N) is 3. The van der Waals surface area contributed by atoms with E-state index in [1.165, 1.54) is 0 Å². The van der Waals surface area contributed by atoms with Gasteiger partial charge in [-0.1, -0.05) is 91.0 Å². The average Bonchev–Trinajstić information content (AvgIpc) is 3.38. The van der Waals surface area contributed by atoms with Gasteiger partial charge < -0.3 is 10.2 Å². The van der Waals surface area contributed by atoms with Crippen molar-refractivity contribution in [3.8, 4) is 11.1 Å². The Labute approximate surface area is 221 Å². The van der Waals surface area contributed by atoms with Crippen molar-refractivity contribution in [2.24, 2.45) is 0 Å². The first kappa shape index (κ1) is 23.7. The summed E-state index contributed by atoms with van der Waals surface area (Å²) in [6.45, 7) is 2.54. The number of fused-ring (bicyclic) bond motifs is 2. The zero-order chi connectivity index (χ0) is 26.1. The van der Waals surface area contributed by atoms with E-state index in [-0.39, 0.29) is 23.7 Å². The van der Waals surface area contributed by atoms with E-state index in [0.29, 0.717) is 29.7 Å². The summed E-state index contributed by atoms with van der Waals surface area (Å²) >= 11 is 0. The van der Waals surface area contributed by atoms with E-state index < -0.39 is 0 Å². The van der Waals surface area contributed by atoms with Gasteiger partial charge in [-0.05, 0) is 42.7 Å². The van der Waals surface area contributed by atoms with Crippen molar-refractivity contribution < 1.29 is 4.79 Å². The van der Waals surface area contributed by atoms with Crippen LogP contribution >= 0.6 is 0 Å².